The van der Waals surface area contributed by atoms with Gasteiger partial charge < -0.3 is 9.47 Å². The number of aromatic nitrogens is 3. The number of nitrogens with zero attached hydrogens (tertiary/aromatic N) is 4. The molecule has 0 aliphatic carbocycles. The van der Waals surface area contributed by atoms with E-state index in [1.165, 1.54) is 21.9 Å². The van der Waals surface area contributed by atoms with Crippen LogP contribution >= 0.6 is 0 Å². The SMILES string of the molecule is Cn1cnnc1S(=O)(=O)C1CN(C(=O)C=Cc2ccccc2)C1. The minimum atomic E-state index is -3.55. The number of rotatable bonds is 4. The molecule has 1 amide bonds. The van der Waals surface area contributed by atoms with E-state index in [0.717, 1.165) is 5.56 Å². The number of aryl methyl sites for hydroxylation is 1. The van der Waals surface area contributed by atoms with E-state index in [0.29, 0.717) is 0 Å². The van der Waals surface area contributed by atoms with E-state index in [-0.39, 0.29) is 24.2 Å². The minimum absolute atomic E-state index is 0.0607. The molecule has 0 N–H and O–H groups in total. The second-order valence-corrected chi connectivity index (χ2v) is 7.50. The standard InChI is InChI=1S/C15H16N4O3S/c1-18-11-16-17-15(18)23(21,22)13-9-19(10-13)14(20)8-7-12-5-3-2-4-6-12/h2-8,11,13H,9-10H2,1H3. The molecule has 1 aliphatic heterocycles. The van der Waals surface area contributed by atoms with Crippen molar-refractivity contribution in [2.24, 2.45) is 7.05 Å². The van der Waals surface area contributed by atoms with Crippen LogP contribution in [0.5, 0.6) is 0 Å². The van der Waals surface area contributed by atoms with Crippen molar-refractivity contribution in [2.75, 3.05) is 13.1 Å². The summed E-state index contributed by atoms with van der Waals surface area (Å²) in [6.45, 7) is 0.348. The Labute approximate surface area is 134 Å². The summed E-state index contributed by atoms with van der Waals surface area (Å²) >= 11 is 0. The third-order valence-electron chi connectivity index (χ3n) is 3.74. The lowest BCUT2D eigenvalue weighted by atomic mass is 10.2. The minimum Gasteiger partial charge on any atom is -0.336 e. The molecular weight excluding hydrogens is 316 g/mol. The van der Waals surface area contributed by atoms with Crippen LogP contribution in [0.3, 0.4) is 0 Å². The zero-order valence-corrected chi connectivity index (χ0v) is 13.3. The van der Waals surface area contributed by atoms with Crippen LogP contribution in [0.4, 0.5) is 0 Å². The Morgan fingerprint density at radius 1 is 1.26 bits per heavy atom. The Balaban J connectivity index is 1.62. The molecule has 1 fully saturated rings. The Hall–Kier alpha value is -2.48. The number of sulfone groups is 1. The summed E-state index contributed by atoms with van der Waals surface area (Å²) in [6, 6.07) is 9.45. The fraction of sp³-hybridized carbons (Fsp3) is 0.267. The van der Waals surface area contributed by atoms with Gasteiger partial charge in [0.1, 0.15) is 11.6 Å². The van der Waals surface area contributed by atoms with Crippen molar-refractivity contribution in [2.45, 2.75) is 10.4 Å². The maximum atomic E-state index is 12.4. The molecule has 1 aromatic heterocycles. The summed E-state index contributed by atoms with van der Waals surface area (Å²) < 4.78 is 26.1. The Morgan fingerprint density at radius 2 is 1.96 bits per heavy atom. The van der Waals surface area contributed by atoms with E-state index in [4.69, 9.17) is 0 Å². The molecular formula is C15H16N4O3S. The van der Waals surface area contributed by atoms with Gasteiger partial charge in [0.15, 0.2) is 0 Å². The Kier molecular flexibility index (Phi) is 3.99. The van der Waals surface area contributed by atoms with Gasteiger partial charge in [-0.25, -0.2) is 8.42 Å². The van der Waals surface area contributed by atoms with Gasteiger partial charge in [-0.05, 0) is 11.6 Å². The second-order valence-electron chi connectivity index (χ2n) is 5.38. The first-order valence-corrected chi connectivity index (χ1v) is 8.63. The van der Waals surface area contributed by atoms with E-state index >= 15 is 0 Å². The third kappa shape index (κ3) is 3.02. The predicted octanol–water partition coefficient (Wildman–Crippen LogP) is 0.513. The Bertz CT molecular complexity index is 837. The van der Waals surface area contributed by atoms with Crippen molar-refractivity contribution in [3.63, 3.8) is 0 Å². The van der Waals surface area contributed by atoms with Crippen LogP contribution in [-0.2, 0) is 21.7 Å². The van der Waals surface area contributed by atoms with Gasteiger partial charge in [0.05, 0.1) is 0 Å². The largest absolute Gasteiger partial charge is 0.336 e. The molecule has 8 heteroatoms. The summed E-state index contributed by atoms with van der Waals surface area (Å²) in [6.07, 6.45) is 4.52. The summed E-state index contributed by atoms with van der Waals surface area (Å²) in [7, 11) is -1.97. The molecule has 0 atom stereocenters. The van der Waals surface area contributed by atoms with Gasteiger partial charge in [0, 0.05) is 26.2 Å². The van der Waals surface area contributed by atoms with E-state index in [1.54, 1.807) is 13.1 Å². The molecule has 1 saturated heterocycles. The van der Waals surface area contributed by atoms with Crippen LogP contribution in [0.25, 0.3) is 6.08 Å². The summed E-state index contributed by atoms with van der Waals surface area (Å²) in [4.78, 5) is 13.5. The first-order valence-electron chi connectivity index (χ1n) is 7.08. The maximum absolute atomic E-state index is 12.4. The highest BCUT2D eigenvalue weighted by atomic mass is 32.2. The fourth-order valence-corrected chi connectivity index (χ4v) is 3.99. The number of likely N-dealkylation sites (tertiary alicyclic amines) is 1. The fourth-order valence-electron chi connectivity index (χ4n) is 2.33. The van der Waals surface area contributed by atoms with Crippen molar-refractivity contribution in [3.8, 4) is 0 Å². The number of hydrogen-bond donors (Lipinski definition) is 0. The highest BCUT2D eigenvalue weighted by Gasteiger charge is 2.42. The van der Waals surface area contributed by atoms with Gasteiger partial charge in [0.2, 0.25) is 20.9 Å². The summed E-state index contributed by atoms with van der Waals surface area (Å²) in [5.41, 5.74) is 0.921. The first kappa shape index (κ1) is 15.4. The van der Waals surface area contributed by atoms with Gasteiger partial charge in [-0.3, -0.25) is 4.79 Å². The lowest BCUT2D eigenvalue weighted by Gasteiger charge is -2.37. The average molecular weight is 332 g/mol. The molecule has 1 aromatic carbocycles. The van der Waals surface area contributed by atoms with Crippen molar-refractivity contribution >= 4 is 21.8 Å². The number of hydrogen-bond acceptors (Lipinski definition) is 5. The van der Waals surface area contributed by atoms with Crippen LogP contribution < -0.4 is 0 Å². The van der Waals surface area contributed by atoms with Gasteiger partial charge in [-0.1, -0.05) is 30.3 Å². The number of benzene rings is 1. The van der Waals surface area contributed by atoms with Crippen molar-refractivity contribution in [3.05, 3.63) is 48.3 Å². The van der Waals surface area contributed by atoms with Crippen LogP contribution in [0.2, 0.25) is 0 Å². The Morgan fingerprint density at radius 3 is 2.57 bits per heavy atom. The number of carbonyl (C=O) groups excluding carboxylic acids is 1. The zero-order chi connectivity index (χ0) is 16.4. The van der Waals surface area contributed by atoms with Crippen molar-refractivity contribution in [1.29, 1.82) is 0 Å². The molecule has 3 rings (SSSR count). The average Bonchev–Trinajstić information content (AvgIpc) is 2.91. The van der Waals surface area contributed by atoms with Crippen LogP contribution in [0, 0.1) is 0 Å². The predicted molar refractivity (Wildman–Crippen MR) is 84.0 cm³/mol. The lowest BCUT2D eigenvalue weighted by molar-refractivity contribution is -0.128. The second kappa shape index (κ2) is 5.96. The molecule has 0 saturated carbocycles. The van der Waals surface area contributed by atoms with Gasteiger partial charge in [-0.15, -0.1) is 10.2 Å². The lowest BCUT2D eigenvalue weighted by Crippen LogP contribution is -2.56. The number of carbonyl (C=O) groups is 1. The van der Waals surface area contributed by atoms with Crippen molar-refractivity contribution in [1.82, 2.24) is 19.7 Å². The first-order chi connectivity index (χ1) is 11.0. The molecule has 0 spiro atoms. The zero-order valence-electron chi connectivity index (χ0n) is 12.5. The highest BCUT2D eigenvalue weighted by molar-refractivity contribution is 7.92. The topological polar surface area (TPSA) is 85.2 Å². The number of amides is 1. The molecule has 7 nitrogen and oxygen atoms in total. The summed E-state index contributed by atoms with van der Waals surface area (Å²) in [5.74, 6) is -0.196. The molecule has 2 heterocycles. The third-order valence-corrected chi connectivity index (χ3v) is 5.80. The van der Waals surface area contributed by atoms with Crippen molar-refractivity contribution < 1.29 is 13.2 Å². The molecule has 0 bridgehead atoms. The monoisotopic (exact) mass is 332 g/mol. The van der Waals surface area contributed by atoms with Crippen LogP contribution in [0.15, 0.2) is 47.9 Å². The quantitative estimate of drug-likeness (QED) is 0.762. The molecule has 120 valence electrons. The molecule has 23 heavy (non-hydrogen) atoms. The normalized spacial score (nSPS) is 15.8. The van der Waals surface area contributed by atoms with E-state index in [9.17, 15) is 13.2 Å². The van der Waals surface area contributed by atoms with E-state index < -0.39 is 15.1 Å². The molecule has 0 unspecified atom stereocenters. The van der Waals surface area contributed by atoms with E-state index in [1.807, 2.05) is 30.3 Å². The van der Waals surface area contributed by atoms with E-state index in [2.05, 4.69) is 10.2 Å². The molecule has 0 radical (unpaired) electrons. The smallest absolute Gasteiger partial charge is 0.249 e. The maximum Gasteiger partial charge on any atom is 0.249 e. The summed E-state index contributed by atoms with van der Waals surface area (Å²) in [5, 5.41) is 6.55. The molecule has 1 aliphatic rings. The van der Waals surface area contributed by atoms with Crippen LogP contribution in [-0.4, -0.2) is 52.3 Å². The highest BCUT2D eigenvalue weighted by Crippen LogP contribution is 2.22. The van der Waals surface area contributed by atoms with Crippen LogP contribution in [0.1, 0.15) is 5.56 Å². The van der Waals surface area contributed by atoms with Gasteiger partial charge in [-0.2, -0.15) is 0 Å². The molecule has 2 aromatic rings. The van der Waals surface area contributed by atoms with Gasteiger partial charge in [0.25, 0.3) is 0 Å². The van der Waals surface area contributed by atoms with Gasteiger partial charge >= 0.3 is 0 Å².